The number of fused-ring (bicyclic) bond motifs is 2. The van der Waals surface area contributed by atoms with Crippen molar-refractivity contribution >= 4 is 5.91 Å². The molecule has 1 amide bonds. The topological polar surface area (TPSA) is 36.0 Å². The van der Waals surface area contributed by atoms with E-state index in [0.717, 1.165) is 38.5 Å². The van der Waals surface area contributed by atoms with Crippen LogP contribution in [0.5, 0.6) is 5.75 Å². The van der Waals surface area contributed by atoms with Gasteiger partial charge in [-0.15, -0.1) is 0 Å². The Labute approximate surface area is 172 Å². The van der Waals surface area contributed by atoms with Crippen LogP contribution in [0, 0.1) is 11.8 Å². The lowest BCUT2D eigenvalue weighted by molar-refractivity contribution is -0.132. The molecule has 0 radical (unpaired) electrons. The molecule has 0 saturated carbocycles. The number of rotatable bonds is 3. The number of amides is 1. The largest absolute Gasteiger partial charge is 0.492 e. The van der Waals surface area contributed by atoms with Crippen molar-refractivity contribution in [3.63, 3.8) is 0 Å². The van der Waals surface area contributed by atoms with Crippen LogP contribution in [0.1, 0.15) is 17.2 Å². The molecule has 2 fully saturated rings. The number of carbonyl (C=O) groups is 1. The lowest BCUT2D eigenvalue weighted by atomic mass is 9.90. The molecule has 2 aromatic carbocycles. The summed E-state index contributed by atoms with van der Waals surface area (Å²) in [4.78, 5) is 19.9. The second-order valence-electron chi connectivity index (χ2n) is 8.68. The SMILES string of the molecule is CN1C[C@H]2CN(C(=O)CN3CCOc4ccccc4C3)C[C@H]2[C@@H]1c1ccccc1. The van der Waals surface area contributed by atoms with Crippen molar-refractivity contribution < 1.29 is 9.53 Å². The molecule has 3 aliphatic heterocycles. The van der Waals surface area contributed by atoms with Crippen LogP contribution in [-0.2, 0) is 11.3 Å². The highest BCUT2D eigenvalue weighted by molar-refractivity contribution is 5.78. The lowest BCUT2D eigenvalue weighted by Crippen LogP contribution is -2.41. The monoisotopic (exact) mass is 391 g/mol. The first-order chi connectivity index (χ1) is 14.2. The van der Waals surface area contributed by atoms with Crippen molar-refractivity contribution in [2.45, 2.75) is 12.6 Å². The first-order valence-electron chi connectivity index (χ1n) is 10.6. The summed E-state index contributed by atoms with van der Waals surface area (Å²) in [5.74, 6) is 2.31. The van der Waals surface area contributed by atoms with Gasteiger partial charge in [0.15, 0.2) is 0 Å². The van der Waals surface area contributed by atoms with Crippen LogP contribution in [-0.4, -0.2) is 67.0 Å². The Morgan fingerprint density at radius 2 is 1.83 bits per heavy atom. The number of ether oxygens (including phenoxy) is 1. The highest BCUT2D eigenvalue weighted by Crippen LogP contribution is 2.44. The molecule has 0 aliphatic carbocycles. The fourth-order valence-electron chi connectivity index (χ4n) is 5.42. The number of likely N-dealkylation sites (tertiary alicyclic amines) is 2. The van der Waals surface area contributed by atoms with E-state index in [9.17, 15) is 4.79 Å². The molecular weight excluding hydrogens is 362 g/mol. The van der Waals surface area contributed by atoms with E-state index in [-0.39, 0.29) is 5.91 Å². The van der Waals surface area contributed by atoms with Crippen LogP contribution < -0.4 is 4.74 Å². The molecule has 0 N–H and O–H groups in total. The van der Waals surface area contributed by atoms with Crippen LogP contribution in [0.4, 0.5) is 0 Å². The Morgan fingerprint density at radius 3 is 2.69 bits per heavy atom. The highest BCUT2D eigenvalue weighted by atomic mass is 16.5. The Morgan fingerprint density at radius 1 is 1.03 bits per heavy atom. The zero-order chi connectivity index (χ0) is 19.8. The standard InChI is InChI=1S/C24H29N3O2/c1-25-13-20-15-27(16-21(20)24(25)18-7-3-2-4-8-18)23(28)17-26-11-12-29-22-10-6-5-9-19(22)14-26/h2-10,20-21,24H,11-17H2,1H3/t20-,21+,24-/m0/s1. The van der Waals surface area contributed by atoms with E-state index in [0.29, 0.717) is 31.0 Å². The van der Waals surface area contributed by atoms with Gasteiger partial charge in [-0.3, -0.25) is 14.6 Å². The van der Waals surface area contributed by atoms with Gasteiger partial charge in [0, 0.05) is 50.2 Å². The summed E-state index contributed by atoms with van der Waals surface area (Å²) < 4.78 is 5.85. The molecule has 5 rings (SSSR count). The fraction of sp³-hybridized carbons (Fsp3) is 0.458. The molecule has 3 heterocycles. The minimum absolute atomic E-state index is 0.258. The van der Waals surface area contributed by atoms with E-state index >= 15 is 0 Å². The predicted molar refractivity (Wildman–Crippen MR) is 113 cm³/mol. The van der Waals surface area contributed by atoms with Crippen LogP contribution in [0.3, 0.4) is 0 Å². The van der Waals surface area contributed by atoms with Gasteiger partial charge in [0.05, 0.1) is 6.54 Å². The zero-order valence-corrected chi connectivity index (χ0v) is 17.0. The summed E-state index contributed by atoms with van der Waals surface area (Å²) in [7, 11) is 2.22. The summed E-state index contributed by atoms with van der Waals surface area (Å²) in [6.45, 7) is 5.50. The molecule has 0 bridgehead atoms. The lowest BCUT2D eigenvalue weighted by Gasteiger charge is -2.28. The Balaban J connectivity index is 1.24. The quantitative estimate of drug-likeness (QED) is 0.806. The van der Waals surface area contributed by atoms with Crippen LogP contribution in [0.25, 0.3) is 0 Å². The molecule has 2 saturated heterocycles. The zero-order valence-electron chi connectivity index (χ0n) is 17.0. The number of hydrogen-bond donors (Lipinski definition) is 0. The maximum absolute atomic E-state index is 13.1. The molecule has 0 aromatic heterocycles. The van der Waals surface area contributed by atoms with Crippen molar-refractivity contribution in [2.24, 2.45) is 11.8 Å². The van der Waals surface area contributed by atoms with Crippen molar-refractivity contribution in [1.29, 1.82) is 0 Å². The summed E-state index contributed by atoms with van der Waals surface area (Å²) in [6, 6.07) is 19.3. The first kappa shape index (κ1) is 18.6. The first-order valence-corrected chi connectivity index (χ1v) is 10.6. The van der Waals surface area contributed by atoms with E-state index in [4.69, 9.17) is 4.74 Å². The Bertz CT molecular complexity index is 871. The van der Waals surface area contributed by atoms with Gasteiger partial charge in [-0.25, -0.2) is 0 Å². The van der Waals surface area contributed by atoms with Gasteiger partial charge >= 0.3 is 0 Å². The van der Waals surface area contributed by atoms with Crippen LogP contribution in [0.15, 0.2) is 54.6 Å². The van der Waals surface area contributed by atoms with Gasteiger partial charge < -0.3 is 9.64 Å². The molecular formula is C24H29N3O2. The number of para-hydroxylation sites is 1. The molecule has 0 unspecified atom stereocenters. The van der Waals surface area contributed by atoms with E-state index in [1.807, 2.05) is 18.2 Å². The molecule has 3 atom stereocenters. The highest BCUT2D eigenvalue weighted by Gasteiger charge is 2.47. The van der Waals surface area contributed by atoms with E-state index in [2.05, 4.69) is 58.1 Å². The fourth-order valence-corrected chi connectivity index (χ4v) is 5.42. The number of benzene rings is 2. The average molecular weight is 392 g/mol. The van der Waals surface area contributed by atoms with E-state index < -0.39 is 0 Å². The van der Waals surface area contributed by atoms with Crippen LogP contribution >= 0.6 is 0 Å². The molecule has 0 spiro atoms. The molecule has 2 aromatic rings. The van der Waals surface area contributed by atoms with Gasteiger partial charge in [-0.05, 0) is 24.6 Å². The summed E-state index contributed by atoms with van der Waals surface area (Å²) in [5.41, 5.74) is 2.54. The molecule has 3 aliphatic rings. The maximum atomic E-state index is 13.1. The van der Waals surface area contributed by atoms with Gasteiger partial charge in [0.2, 0.25) is 5.91 Å². The third kappa shape index (κ3) is 3.65. The Hall–Kier alpha value is -2.37. The number of hydrogen-bond acceptors (Lipinski definition) is 4. The predicted octanol–water partition coefficient (Wildman–Crippen LogP) is 2.64. The molecule has 152 valence electrons. The summed E-state index contributed by atoms with van der Waals surface area (Å²) in [5, 5.41) is 0. The minimum atomic E-state index is 0.258. The molecule has 29 heavy (non-hydrogen) atoms. The van der Waals surface area contributed by atoms with Gasteiger partial charge in [0.25, 0.3) is 0 Å². The van der Waals surface area contributed by atoms with Crippen molar-refractivity contribution in [2.75, 3.05) is 46.4 Å². The average Bonchev–Trinajstić information content (AvgIpc) is 3.18. The molecule has 5 heteroatoms. The minimum Gasteiger partial charge on any atom is -0.492 e. The third-order valence-electron chi connectivity index (χ3n) is 6.78. The van der Waals surface area contributed by atoms with E-state index in [1.54, 1.807) is 0 Å². The second kappa shape index (κ2) is 7.81. The Kier molecular flexibility index (Phi) is 5.02. The second-order valence-corrected chi connectivity index (χ2v) is 8.68. The van der Waals surface area contributed by atoms with Crippen molar-refractivity contribution in [1.82, 2.24) is 14.7 Å². The van der Waals surface area contributed by atoms with Crippen molar-refractivity contribution in [3.05, 3.63) is 65.7 Å². The van der Waals surface area contributed by atoms with Gasteiger partial charge in [0.1, 0.15) is 12.4 Å². The smallest absolute Gasteiger partial charge is 0.236 e. The molecule has 5 nitrogen and oxygen atoms in total. The third-order valence-corrected chi connectivity index (χ3v) is 6.78. The van der Waals surface area contributed by atoms with Crippen LogP contribution in [0.2, 0.25) is 0 Å². The summed E-state index contributed by atoms with van der Waals surface area (Å²) in [6.07, 6.45) is 0. The van der Waals surface area contributed by atoms with Crippen molar-refractivity contribution in [3.8, 4) is 5.75 Å². The normalized spacial score (nSPS) is 27.2. The van der Waals surface area contributed by atoms with E-state index in [1.165, 1.54) is 11.1 Å². The summed E-state index contributed by atoms with van der Waals surface area (Å²) >= 11 is 0. The van der Waals surface area contributed by atoms with Gasteiger partial charge in [-0.2, -0.15) is 0 Å². The van der Waals surface area contributed by atoms with Gasteiger partial charge in [-0.1, -0.05) is 48.5 Å². The number of carbonyl (C=O) groups excluding carboxylic acids is 1. The maximum Gasteiger partial charge on any atom is 0.236 e. The number of nitrogens with zero attached hydrogens (tertiary/aromatic N) is 3.